The van der Waals surface area contributed by atoms with E-state index in [1.54, 1.807) is 7.11 Å². The number of amides is 1. The molecule has 3 aromatic carbocycles. The molecule has 1 saturated carbocycles. The fourth-order valence-corrected chi connectivity index (χ4v) is 5.93. The number of hydrogen-bond acceptors (Lipinski definition) is 5. The maximum atomic E-state index is 13.7. The lowest BCUT2D eigenvalue weighted by molar-refractivity contribution is -0.124. The van der Waals surface area contributed by atoms with E-state index in [-0.39, 0.29) is 11.9 Å². The molecule has 1 heterocycles. The Morgan fingerprint density at radius 1 is 1.00 bits per heavy atom. The summed E-state index contributed by atoms with van der Waals surface area (Å²) in [5.41, 5.74) is 3.93. The van der Waals surface area contributed by atoms with Gasteiger partial charge in [0.1, 0.15) is 6.61 Å². The maximum Gasteiger partial charge on any atom is 0.267 e. The average Bonchev–Trinajstić information content (AvgIpc) is 3.24. The number of hydrogen-bond donors (Lipinski definition) is 0. The van der Waals surface area contributed by atoms with Gasteiger partial charge in [-0.05, 0) is 85.1 Å². The van der Waals surface area contributed by atoms with Crippen LogP contribution in [-0.4, -0.2) is 29.1 Å². The molecule has 0 N–H and O–H groups in total. The van der Waals surface area contributed by atoms with E-state index in [0.717, 1.165) is 47.7 Å². The molecule has 1 aliphatic heterocycles. The molecule has 5 nitrogen and oxygen atoms in total. The van der Waals surface area contributed by atoms with E-state index in [4.69, 9.17) is 26.1 Å². The first-order valence-corrected chi connectivity index (χ1v) is 14.1. The van der Waals surface area contributed by atoms with E-state index in [9.17, 15) is 4.79 Å². The van der Waals surface area contributed by atoms with Gasteiger partial charge in [0, 0.05) is 11.1 Å². The number of amidine groups is 1. The molecule has 0 spiro atoms. The molecule has 0 atom stereocenters. The van der Waals surface area contributed by atoms with Crippen LogP contribution in [0.5, 0.6) is 11.5 Å². The predicted molar refractivity (Wildman–Crippen MR) is 156 cm³/mol. The second-order valence-electron chi connectivity index (χ2n) is 9.63. The van der Waals surface area contributed by atoms with E-state index in [1.165, 1.54) is 23.7 Å². The zero-order valence-electron chi connectivity index (χ0n) is 21.7. The van der Waals surface area contributed by atoms with Crippen LogP contribution in [-0.2, 0) is 11.4 Å². The van der Waals surface area contributed by atoms with E-state index in [0.29, 0.717) is 28.0 Å². The van der Waals surface area contributed by atoms with E-state index >= 15 is 0 Å². The fourth-order valence-electron chi connectivity index (χ4n) is 4.74. The Morgan fingerprint density at radius 3 is 2.45 bits per heavy atom. The summed E-state index contributed by atoms with van der Waals surface area (Å²) >= 11 is 7.43. The van der Waals surface area contributed by atoms with Crippen LogP contribution < -0.4 is 9.47 Å². The number of halogens is 1. The summed E-state index contributed by atoms with van der Waals surface area (Å²) in [6, 6.07) is 21.6. The third-order valence-corrected chi connectivity index (χ3v) is 8.06. The van der Waals surface area contributed by atoms with Crippen LogP contribution in [0.1, 0.15) is 48.8 Å². The van der Waals surface area contributed by atoms with Crippen molar-refractivity contribution in [1.29, 1.82) is 0 Å². The van der Waals surface area contributed by atoms with Gasteiger partial charge < -0.3 is 9.47 Å². The molecule has 3 aromatic rings. The largest absolute Gasteiger partial charge is 0.493 e. The normalized spacial score (nSPS) is 18.4. The predicted octanol–water partition coefficient (Wildman–Crippen LogP) is 8.17. The number of carbonyl (C=O) groups is 1. The lowest BCUT2D eigenvalue weighted by atomic mass is 9.94. The summed E-state index contributed by atoms with van der Waals surface area (Å²) in [4.78, 5) is 21.1. The molecule has 38 heavy (non-hydrogen) atoms. The Labute approximate surface area is 233 Å². The van der Waals surface area contributed by atoms with Crippen molar-refractivity contribution in [3.8, 4) is 11.5 Å². The van der Waals surface area contributed by atoms with Gasteiger partial charge in [-0.2, -0.15) is 0 Å². The third kappa shape index (κ3) is 6.25. The number of thioether (sulfide) groups is 1. The van der Waals surface area contributed by atoms with Crippen LogP contribution in [0.3, 0.4) is 0 Å². The van der Waals surface area contributed by atoms with Crippen molar-refractivity contribution >= 4 is 46.2 Å². The number of rotatable bonds is 7. The highest BCUT2D eigenvalue weighted by Crippen LogP contribution is 2.39. The van der Waals surface area contributed by atoms with Crippen molar-refractivity contribution in [2.45, 2.75) is 51.7 Å². The maximum absolute atomic E-state index is 13.7. The first-order chi connectivity index (χ1) is 18.5. The number of aryl methyl sites for hydroxylation is 1. The van der Waals surface area contributed by atoms with E-state index in [2.05, 4.69) is 6.92 Å². The summed E-state index contributed by atoms with van der Waals surface area (Å²) in [6.07, 6.45) is 7.46. The summed E-state index contributed by atoms with van der Waals surface area (Å²) in [5.74, 6) is 1.27. The van der Waals surface area contributed by atoms with Gasteiger partial charge in [0.2, 0.25) is 0 Å². The number of nitrogens with zero attached hydrogens (tertiary/aromatic N) is 2. The molecule has 0 unspecified atom stereocenters. The molecule has 0 radical (unpaired) electrons. The second kappa shape index (κ2) is 12.1. The SMILES string of the molecule is COc1cc(/C=C2/SC(=Nc3ccc(C)cc3)N(C3CCCCC3)C2=O)ccc1OCc1ccc(Cl)cc1. The molecular formula is C31H31ClN2O3S. The highest BCUT2D eigenvalue weighted by atomic mass is 35.5. The molecule has 1 aliphatic carbocycles. The average molecular weight is 547 g/mol. The minimum absolute atomic E-state index is 0.0230. The lowest BCUT2D eigenvalue weighted by Crippen LogP contribution is -2.40. The minimum atomic E-state index is 0.0230. The zero-order valence-corrected chi connectivity index (χ0v) is 23.2. The fraction of sp³-hybridized carbons (Fsp3) is 0.290. The van der Waals surface area contributed by atoms with Gasteiger partial charge in [-0.15, -0.1) is 0 Å². The molecule has 1 saturated heterocycles. The first-order valence-electron chi connectivity index (χ1n) is 12.9. The van der Waals surface area contributed by atoms with Gasteiger partial charge >= 0.3 is 0 Å². The van der Waals surface area contributed by atoms with Crippen LogP contribution in [0.2, 0.25) is 5.02 Å². The zero-order chi connectivity index (χ0) is 26.5. The molecule has 1 amide bonds. The van der Waals surface area contributed by atoms with Crippen molar-refractivity contribution in [2.24, 2.45) is 4.99 Å². The topological polar surface area (TPSA) is 51.1 Å². The van der Waals surface area contributed by atoms with E-state index in [1.807, 2.05) is 77.7 Å². The molecule has 0 aromatic heterocycles. The van der Waals surface area contributed by atoms with Gasteiger partial charge in [0.25, 0.3) is 5.91 Å². The Hall–Kier alpha value is -3.22. The van der Waals surface area contributed by atoms with Crippen molar-refractivity contribution in [3.63, 3.8) is 0 Å². The third-order valence-electron chi connectivity index (χ3n) is 6.83. The van der Waals surface area contributed by atoms with Crippen LogP contribution >= 0.6 is 23.4 Å². The van der Waals surface area contributed by atoms with Gasteiger partial charge in [0.15, 0.2) is 16.7 Å². The van der Waals surface area contributed by atoms with Crippen molar-refractivity contribution in [2.75, 3.05) is 7.11 Å². The Bertz CT molecular complexity index is 1350. The Kier molecular flexibility index (Phi) is 8.40. The summed E-state index contributed by atoms with van der Waals surface area (Å²) < 4.78 is 11.6. The number of carbonyl (C=O) groups excluding carboxylic acids is 1. The van der Waals surface area contributed by atoms with Gasteiger partial charge in [-0.3, -0.25) is 9.69 Å². The Balaban J connectivity index is 1.39. The number of benzene rings is 3. The molecular weight excluding hydrogens is 516 g/mol. The molecule has 0 bridgehead atoms. The molecule has 5 rings (SSSR count). The lowest BCUT2D eigenvalue weighted by Gasteiger charge is -2.30. The molecule has 7 heteroatoms. The highest BCUT2D eigenvalue weighted by Gasteiger charge is 2.38. The monoisotopic (exact) mass is 546 g/mol. The Morgan fingerprint density at radius 2 is 1.74 bits per heavy atom. The molecule has 196 valence electrons. The molecule has 2 fully saturated rings. The van der Waals surface area contributed by atoms with Gasteiger partial charge in [-0.25, -0.2) is 4.99 Å². The number of aliphatic imine (C=N–C) groups is 1. The van der Waals surface area contributed by atoms with E-state index < -0.39 is 0 Å². The van der Waals surface area contributed by atoms with Crippen LogP contribution in [0.15, 0.2) is 76.6 Å². The molecule has 2 aliphatic rings. The van der Waals surface area contributed by atoms with Crippen LogP contribution in [0.25, 0.3) is 6.08 Å². The van der Waals surface area contributed by atoms with Crippen molar-refractivity contribution < 1.29 is 14.3 Å². The second-order valence-corrected chi connectivity index (χ2v) is 11.1. The van der Waals surface area contributed by atoms with Crippen molar-refractivity contribution in [1.82, 2.24) is 4.90 Å². The standard InChI is InChI=1S/C31H31ClN2O3S/c1-21-8-15-25(16-9-21)33-31-34(26-6-4-3-5-7-26)30(35)29(38-31)19-23-12-17-27(28(18-23)36-2)37-20-22-10-13-24(32)14-11-22/h8-19,26H,3-7,20H2,1-2H3/b29-19+,33-31?. The van der Waals surface area contributed by atoms with Gasteiger partial charge in [0.05, 0.1) is 17.7 Å². The van der Waals surface area contributed by atoms with Crippen LogP contribution in [0.4, 0.5) is 5.69 Å². The number of methoxy groups -OCH3 is 1. The van der Waals surface area contributed by atoms with Gasteiger partial charge in [-0.1, -0.05) is 66.8 Å². The highest BCUT2D eigenvalue weighted by molar-refractivity contribution is 8.18. The quantitative estimate of drug-likeness (QED) is 0.280. The smallest absolute Gasteiger partial charge is 0.267 e. The van der Waals surface area contributed by atoms with Crippen molar-refractivity contribution in [3.05, 3.63) is 93.3 Å². The summed E-state index contributed by atoms with van der Waals surface area (Å²) in [6.45, 7) is 2.46. The van der Waals surface area contributed by atoms with Crippen LogP contribution in [0, 0.1) is 6.92 Å². The minimum Gasteiger partial charge on any atom is -0.493 e. The summed E-state index contributed by atoms with van der Waals surface area (Å²) in [7, 11) is 1.62. The first kappa shape index (κ1) is 26.4. The number of ether oxygens (including phenoxy) is 2. The summed E-state index contributed by atoms with van der Waals surface area (Å²) in [5, 5.41) is 1.45.